The molecule has 0 aromatic carbocycles. The van der Waals surface area contributed by atoms with Crippen molar-refractivity contribution in [2.45, 2.75) is 70.9 Å². The molecule has 0 bridgehead atoms. The number of hydrogen-bond acceptors (Lipinski definition) is 2. The Hall–Kier alpha value is -0.570. The second-order valence-electron chi connectivity index (χ2n) is 6.62. The van der Waals surface area contributed by atoms with Crippen molar-refractivity contribution in [1.82, 2.24) is 5.32 Å². The Kier molecular flexibility index (Phi) is 4.66. The smallest absolute Gasteiger partial charge is 0.223 e. The lowest BCUT2D eigenvalue weighted by Gasteiger charge is -2.35. The molecule has 104 valence electrons. The lowest BCUT2D eigenvalue weighted by Crippen LogP contribution is -2.46. The molecular formula is C15H28N2O. The second kappa shape index (κ2) is 6.05. The maximum atomic E-state index is 12.2. The molecule has 0 aliphatic heterocycles. The van der Waals surface area contributed by atoms with Gasteiger partial charge in [0.1, 0.15) is 0 Å². The fourth-order valence-corrected chi connectivity index (χ4v) is 3.56. The molecule has 3 unspecified atom stereocenters. The summed E-state index contributed by atoms with van der Waals surface area (Å²) in [5.41, 5.74) is 5.89. The highest BCUT2D eigenvalue weighted by Crippen LogP contribution is 2.30. The van der Waals surface area contributed by atoms with Crippen molar-refractivity contribution < 1.29 is 4.79 Å². The zero-order chi connectivity index (χ0) is 13.1. The Labute approximate surface area is 111 Å². The third kappa shape index (κ3) is 3.47. The molecule has 1 amide bonds. The Bertz CT molecular complexity index is 284. The van der Waals surface area contributed by atoms with Crippen LogP contribution in [0.5, 0.6) is 0 Å². The quantitative estimate of drug-likeness (QED) is 0.793. The van der Waals surface area contributed by atoms with Gasteiger partial charge in [0.05, 0.1) is 0 Å². The van der Waals surface area contributed by atoms with E-state index < -0.39 is 0 Å². The van der Waals surface area contributed by atoms with Crippen molar-refractivity contribution in [2.75, 3.05) is 0 Å². The summed E-state index contributed by atoms with van der Waals surface area (Å²) in [5, 5.41) is 3.29. The van der Waals surface area contributed by atoms with E-state index in [0.717, 1.165) is 38.0 Å². The van der Waals surface area contributed by atoms with Crippen molar-refractivity contribution in [1.29, 1.82) is 0 Å². The zero-order valence-corrected chi connectivity index (χ0v) is 11.8. The minimum Gasteiger partial charge on any atom is -0.353 e. The average Bonchev–Trinajstić information content (AvgIpc) is 2.33. The first kappa shape index (κ1) is 13.9. The van der Waals surface area contributed by atoms with E-state index in [-0.39, 0.29) is 11.8 Å². The Morgan fingerprint density at radius 1 is 1.06 bits per heavy atom. The first-order valence-corrected chi connectivity index (χ1v) is 7.62. The van der Waals surface area contributed by atoms with Gasteiger partial charge in [-0.15, -0.1) is 0 Å². The Morgan fingerprint density at radius 3 is 2.33 bits per heavy atom. The van der Waals surface area contributed by atoms with Crippen LogP contribution >= 0.6 is 0 Å². The molecule has 18 heavy (non-hydrogen) atoms. The maximum Gasteiger partial charge on any atom is 0.223 e. The Morgan fingerprint density at radius 2 is 1.72 bits per heavy atom. The summed E-state index contributed by atoms with van der Waals surface area (Å²) < 4.78 is 0. The van der Waals surface area contributed by atoms with E-state index in [1.807, 2.05) is 0 Å². The van der Waals surface area contributed by atoms with Gasteiger partial charge in [0.2, 0.25) is 5.91 Å². The third-order valence-electron chi connectivity index (χ3n) is 4.90. The van der Waals surface area contributed by atoms with Crippen LogP contribution < -0.4 is 11.1 Å². The minimum absolute atomic E-state index is 0.219. The summed E-state index contributed by atoms with van der Waals surface area (Å²) in [7, 11) is 0. The summed E-state index contributed by atoms with van der Waals surface area (Å²) in [4.78, 5) is 12.2. The van der Waals surface area contributed by atoms with E-state index in [0.29, 0.717) is 18.0 Å². The molecule has 2 rings (SSSR count). The van der Waals surface area contributed by atoms with Gasteiger partial charge in [-0.2, -0.15) is 0 Å². The second-order valence-corrected chi connectivity index (χ2v) is 6.62. The molecule has 2 saturated carbocycles. The highest BCUT2D eigenvalue weighted by molar-refractivity contribution is 5.79. The number of rotatable bonds is 2. The van der Waals surface area contributed by atoms with Gasteiger partial charge >= 0.3 is 0 Å². The minimum atomic E-state index is 0.219. The SMILES string of the molecule is CC1CCC(NC(=O)C2CCC(N)CC2)C(C)C1. The number of nitrogens with one attached hydrogen (secondary N) is 1. The van der Waals surface area contributed by atoms with Gasteiger partial charge in [0.15, 0.2) is 0 Å². The van der Waals surface area contributed by atoms with Crippen molar-refractivity contribution in [3.8, 4) is 0 Å². The standard InChI is InChI=1S/C15H28N2O/c1-10-3-8-14(11(2)9-10)17-15(18)12-4-6-13(16)7-5-12/h10-14H,3-9,16H2,1-2H3,(H,17,18). The molecule has 3 heteroatoms. The lowest BCUT2D eigenvalue weighted by molar-refractivity contribution is -0.127. The number of nitrogens with two attached hydrogens (primary N) is 1. The Balaban J connectivity index is 1.80. The van der Waals surface area contributed by atoms with Crippen LogP contribution in [0.1, 0.15) is 58.8 Å². The molecule has 3 N–H and O–H groups in total. The van der Waals surface area contributed by atoms with Crippen molar-refractivity contribution >= 4 is 5.91 Å². The highest BCUT2D eigenvalue weighted by atomic mass is 16.1. The van der Waals surface area contributed by atoms with E-state index in [1.54, 1.807) is 0 Å². The van der Waals surface area contributed by atoms with Crippen LogP contribution in [0.4, 0.5) is 0 Å². The highest BCUT2D eigenvalue weighted by Gasteiger charge is 2.30. The molecule has 0 radical (unpaired) electrons. The maximum absolute atomic E-state index is 12.2. The molecule has 2 aliphatic carbocycles. The zero-order valence-electron chi connectivity index (χ0n) is 11.8. The van der Waals surface area contributed by atoms with E-state index in [4.69, 9.17) is 5.73 Å². The van der Waals surface area contributed by atoms with E-state index in [2.05, 4.69) is 19.2 Å². The van der Waals surface area contributed by atoms with E-state index in [1.165, 1.54) is 12.8 Å². The predicted octanol–water partition coefficient (Wildman–Crippen LogP) is 2.44. The van der Waals surface area contributed by atoms with Crippen LogP contribution in [0.2, 0.25) is 0 Å². The summed E-state index contributed by atoms with van der Waals surface area (Å²) in [5.74, 6) is 1.95. The molecule has 0 aromatic rings. The molecule has 2 aliphatic rings. The van der Waals surface area contributed by atoms with Crippen LogP contribution in [-0.4, -0.2) is 18.0 Å². The molecular weight excluding hydrogens is 224 g/mol. The topological polar surface area (TPSA) is 55.1 Å². The molecule has 2 fully saturated rings. The van der Waals surface area contributed by atoms with E-state index in [9.17, 15) is 4.79 Å². The fraction of sp³-hybridized carbons (Fsp3) is 0.933. The van der Waals surface area contributed by atoms with E-state index >= 15 is 0 Å². The summed E-state index contributed by atoms with van der Waals surface area (Å²) >= 11 is 0. The van der Waals surface area contributed by atoms with Gasteiger partial charge in [-0.3, -0.25) is 4.79 Å². The van der Waals surface area contributed by atoms with Crippen LogP contribution in [0.15, 0.2) is 0 Å². The van der Waals surface area contributed by atoms with Crippen LogP contribution in [-0.2, 0) is 4.79 Å². The van der Waals surface area contributed by atoms with Gasteiger partial charge in [-0.1, -0.05) is 13.8 Å². The first-order chi connectivity index (χ1) is 8.56. The van der Waals surface area contributed by atoms with Gasteiger partial charge in [-0.05, 0) is 56.8 Å². The fourth-order valence-electron chi connectivity index (χ4n) is 3.56. The summed E-state index contributed by atoms with van der Waals surface area (Å²) in [6.07, 6.45) is 7.63. The number of hydrogen-bond donors (Lipinski definition) is 2. The number of carbonyl (C=O) groups excluding carboxylic acids is 1. The molecule has 3 atom stereocenters. The van der Waals surface area contributed by atoms with Gasteiger partial charge in [-0.25, -0.2) is 0 Å². The van der Waals surface area contributed by atoms with Crippen molar-refractivity contribution in [2.24, 2.45) is 23.5 Å². The van der Waals surface area contributed by atoms with Crippen LogP contribution in [0.3, 0.4) is 0 Å². The van der Waals surface area contributed by atoms with Crippen LogP contribution in [0, 0.1) is 17.8 Å². The van der Waals surface area contributed by atoms with Crippen LogP contribution in [0.25, 0.3) is 0 Å². The molecule has 0 aromatic heterocycles. The third-order valence-corrected chi connectivity index (χ3v) is 4.90. The molecule has 0 saturated heterocycles. The monoisotopic (exact) mass is 252 g/mol. The van der Waals surface area contributed by atoms with Gasteiger partial charge in [0, 0.05) is 18.0 Å². The van der Waals surface area contributed by atoms with Crippen molar-refractivity contribution in [3.05, 3.63) is 0 Å². The van der Waals surface area contributed by atoms with Gasteiger partial charge < -0.3 is 11.1 Å². The summed E-state index contributed by atoms with van der Waals surface area (Å²) in [6, 6.07) is 0.729. The molecule has 0 heterocycles. The lowest BCUT2D eigenvalue weighted by atomic mass is 9.79. The van der Waals surface area contributed by atoms with Gasteiger partial charge in [0.25, 0.3) is 0 Å². The number of carbonyl (C=O) groups is 1. The molecule has 0 spiro atoms. The summed E-state index contributed by atoms with van der Waals surface area (Å²) in [6.45, 7) is 4.59. The molecule has 3 nitrogen and oxygen atoms in total. The first-order valence-electron chi connectivity index (χ1n) is 7.62. The number of amides is 1. The van der Waals surface area contributed by atoms with Crippen molar-refractivity contribution in [3.63, 3.8) is 0 Å². The predicted molar refractivity (Wildman–Crippen MR) is 74.0 cm³/mol. The largest absolute Gasteiger partial charge is 0.353 e. The average molecular weight is 252 g/mol. The normalized spacial score (nSPS) is 41.4.